The van der Waals surface area contributed by atoms with Crippen LogP contribution in [0.2, 0.25) is 0 Å². The summed E-state index contributed by atoms with van der Waals surface area (Å²) in [6.45, 7) is 7.38. The molecule has 1 aliphatic carbocycles. The van der Waals surface area contributed by atoms with Crippen molar-refractivity contribution in [3.8, 4) is 0 Å². The van der Waals surface area contributed by atoms with Gasteiger partial charge in [0.05, 0.1) is 36.2 Å². The third-order valence-corrected chi connectivity index (χ3v) is 8.20. The van der Waals surface area contributed by atoms with E-state index < -0.39 is 34.9 Å². The Morgan fingerprint density at radius 1 is 1.30 bits per heavy atom. The molecule has 0 aromatic carbocycles. The Morgan fingerprint density at radius 2 is 2.00 bits per heavy atom. The molecule has 3 saturated heterocycles. The second-order valence-corrected chi connectivity index (χ2v) is 10.8. The van der Waals surface area contributed by atoms with Gasteiger partial charge in [-0.1, -0.05) is 11.6 Å². The number of carbonyl (C=O) groups is 2. The molecule has 6 atom stereocenters. The molecule has 0 bridgehead atoms. The number of pyridine rings is 1. The van der Waals surface area contributed by atoms with Crippen LogP contribution in [0.15, 0.2) is 34.8 Å². The van der Waals surface area contributed by atoms with Crippen molar-refractivity contribution < 1.29 is 63.2 Å². The fourth-order valence-corrected chi connectivity index (χ4v) is 6.01. The summed E-state index contributed by atoms with van der Waals surface area (Å²) in [5, 5.41) is 11.2. The van der Waals surface area contributed by atoms with Crippen LogP contribution < -0.4 is 40.2 Å². The first-order chi connectivity index (χ1) is 17.1. The van der Waals surface area contributed by atoms with Gasteiger partial charge in [-0.15, -0.1) is 0 Å². The predicted octanol–water partition coefficient (Wildman–Crippen LogP) is -1.71. The van der Waals surface area contributed by atoms with E-state index in [2.05, 4.69) is 26.8 Å². The first-order valence-corrected chi connectivity index (χ1v) is 12.5. The number of methoxy groups -OCH3 is 1. The van der Waals surface area contributed by atoms with Crippen molar-refractivity contribution in [1.29, 1.82) is 0 Å². The fraction of sp³-hybridized carbons (Fsp3) is 0.654. The van der Waals surface area contributed by atoms with Gasteiger partial charge < -0.3 is 38.3 Å². The molecule has 1 saturated carbocycles. The molecule has 5 rings (SSSR count). The van der Waals surface area contributed by atoms with E-state index >= 15 is 0 Å². The number of hydrogen-bond donors (Lipinski definition) is 0. The van der Waals surface area contributed by atoms with Crippen LogP contribution in [-0.4, -0.2) is 77.8 Å². The predicted molar refractivity (Wildman–Crippen MR) is 125 cm³/mol. The maximum Gasteiger partial charge on any atom is 1.00 e. The maximum absolute atomic E-state index is 13.0. The summed E-state index contributed by atoms with van der Waals surface area (Å²) >= 11 is 0. The molecule has 0 radical (unpaired) electrons. The van der Waals surface area contributed by atoms with E-state index in [1.54, 1.807) is 7.11 Å². The number of amides is 1. The first-order valence-electron chi connectivity index (χ1n) is 12.5. The Bertz CT molecular complexity index is 1140. The third-order valence-electron chi connectivity index (χ3n) is 8.20. The number of aromatic carboxylic acids is 1. The van der Waals surface area contributed by atoms with E-state index in [4.69, 9.17) is 18.9 Å². The number of carbonyl (C=O) groups excluding carboxylic acids is 2. The molecule has 11 heteroatoms. The van der Waals surface area contributed by atoms with E-state index in [9.17, 15) is 19.5 Å². The number of ether oxygens (including phenoxy) is 4. The average molecular weight is 525 g/mol. The molecule has 10 nitrogen and oxygen atoms in total. The molecule has 1 amide bonds. The van der Waals surface area contributed by atoms with Gasteiger partial charge in [0.2, 0.25) is 0 Å². The van der Waals surface area contributed by atoms with Gasteiger partial charge in [0.15, 0.2) is 0 Å². The summed E-state index contributed by atoms with van der Waals surface area (Å²) in [5.74, 6) is -1.58. The Kier molecular flexibility index (Phi) is 8.01. The minimum Gasteiger partial charge on any atom is -0.545 e. The van der Waals surface area contributed by atoms with Crippen LogP contribution in [0.1, 0.15) is 56.4 Å². The van der Waals surface area contributed by atoms with E-state index in [0.717, 1.165) is 12.8 Å². The summed E-state index contributed by atoms with van der Waals surface area (Å²) in [4.78, 5) is 38.0. The van der Waals surface area contributed by atoms with E-state index in [1.807, 2.05) is 0 Å². The summed E-state index contributed by atoms with van der Waals surface area (Å²) in [5.41, 5.74) is -0.512. The van der Waals surface area contributed by atoms with Crippen LogP contribution in [0.4, 0.5) is 4.79 Å². The van der Waals surface area contributed by atoms with Gasteiger partial charge in [-0.25, -0.2) is 4.79 Å². The molecular formula is C26H33N2NaO8. The number of aromatic nitrogens is 1. The Labute approximate surface area is 238 Å². The molecule has 1 spiro atoms. The zero-order valence-corrected chi connectivity index (χ0v) is 24.1. The molecule has 196 valence electrons. The first kappa shape index (κ1) is 28.3. The number of nitrogens with zero attached hydrogens (tertiary/aromatic N) is 2. The fourth-order valence-electron chi connectivity index (χ4n) is 6.01. The van der Waals surface area contributed by atoms with Crippen molar-refractivity contribution >= 4 is 12.1 Å². The van der Waals surface area contributed by atoms with Crippen LogP contribution in [0.25, 0.3) is 0 Å². The van der Waals surface area contributed by atoms with Crippen LogP contribution in [0, 0.1) is 5.92 Å². The zero-order valence-electron chi connectivity index (χ0n) is 22.1. The van der Waals surface area contributed by atoms with Crippen LogP contribution in [0.3, 0.4) is 0 Å². The van der Waals surface area contributed by atoms with Crippen molar-refractivity contribution in [3.05, 3.63) is 45.9 Å². The Morgan fingerprint density at radius 3 is 2.59 bits per heavy atom. The van der Waals surface area contributed by atoms with Crippen molar-refractivity contribution in [2.75, 3.05) is 26.8 Å². The Hall–Kier alpha value is -1.69. The summed E-state index contributed by atoms with van der Waals surface area (Å²) < 4.78 is 25.3. The van der Waals surface area contributed by atoms with Gasteiger partial charge in [-0.05, 0) is 52.2 Å². The largest absolute Gasteiger partial charge is 1.00 e. The van der Waals surface area contributed by atoms with Crippen molar-refractivity contribution in [3.63, 3.8) is 0 Å². The smallest absolute Gasteiger partial charge is 0.545 e. The number of likely N-dealkylation sites (tertiary alicyclic amines) is 1. The van der Waals surface area contributed by atoms with Gasteiger partial charge in [-0.3, -0.25) is 4.79 Å². The molecule has 1 aromatic rings. The van der Waals surface area contributed by atoms with E-state index in [-0.39, 0.29) is 72.4 Å². The molecule has 4 fully saturated rings. The van der Waals surface area contributed by atoms with Gasteiger partial charge in [0.25, 0.3) is 5.56 Å². The summed E-state index contributed by atoms with van der Waals surface area (Å²) in [7, 11) is 1.63. The minimum atomic E-state index is -1.52. The van der Waals surface area contributed by atoms with Crippen molar-refractivity contribution in [1.82, 2.24) is 9.47 Å². The quantitative estimate of drug-likeness (QED) is 0.235. The second-order valence-electron chi connectivity index (χ2n) is 10.8. The standard InChI is InChI=1S/C26H34N2O8.Na/c1-15(2)7-8-19-25(3,36-19)21-20(33-4)18(9-10-26(21)14-34-26)35-24(32)27-12-16(13-27)28-11-5-6-17(22(28)29)23(30)31;/h5-7,11,16,18-21H,8-10,12-14H2,1-4H3,(H,30,31);/q;+1/p-1/t18-,19-,20-,21-,25+,26+;/m1./s1. The Balaban J connectivity index is 0.00000320. The monoisotopic (exact) mass is 524 g/mol. The van der Waals surface area contributed by atoms with Crippen LogP contribution in [-0.2, 0) is 18.9 Å². The van der Waals surface area contributed by atoms with Gasteiger partial charge >= 0.3 is 35.7 Å². The van der Waals surface area contributed by atoms with Crippen molar-refractivity contribution in [2.24, 2.45) is 5.92 Å². The maximum atomic E-state index is 13.0. The molecule has 1 aromatic heterocycles. The number of allylic oxidation sites excluding steroid dienone is 1. The molecule has 0 unspecified atom stereocenters. The van der Waals surface area contributed by atoms with Gasteiger partial charge in [0, 0.05) is 26.4 Å². The second kappa shape index (κ2) is 10.5. The van der Waals surface area contributed by atoms with Gasteiger partial charge in [0.1, 0.15) is 23.4 Å². The zero-order chi connectivity index (χ0) is 25.8. The molecular weight excluding hydrogens is 491 g/mol. The number of hydrogen-bond acceptors (Lipinski definition) is 8. The molecule has 37 heavy (non-hydrogen) atoms. The topological polar surface area (TPSA) is 126 Å². The van der Waals surface area contributed by atoms with Crippen LogP contribution >= 0.6 is 0 Å². The normalized spacial score (nSPS) is 34.2. The number of epoxide rings is 2. The number of carboxylic acids is 1. The molecule has 4 heterocycles. The number of rotatable bonds is 7. The van der Waals surface area contributed by atoms with E-state index in [1.165, 1.54) is 33.4 Å². The summed E-state index contributed by atoms with van der Waals surface area (Å²) in [6, 6.07) is 2.38. The van der Waals surface area contributed by atoms with Crippen molar-refractivity contribution in [2.45, 2.75) is 75.6 Å². The van der Waals surface area contributed by atoms with Gasteiger partial charge in [-0.2, -0.15) is 0 Å². The molecule has 4 aliphatic rings. The van der Waals surface area contributed by atoms with Crippen LogP contribution in [0.5, 0.6) is 0 Å². The molecule has 3 aliphatic heterocycles. The average Bonchev–Trinajstić information content (AvgIpc) is 3.70. The minimum absolute atomic E-state index is 0. The molecule has 0 N–H and O–H groups in total. The number of carboxylic acid groups (broad SMARTS) is 1. The third kappa shape index (κ3) is 5.16. The summed E-state index contributed by atoms with van der Waals surface area (Å²) in [6.07, 6.45) is 4.67. The van der Waals surface area contributed by atoms with E-state index in [0.29, 0.717) is 13.0 Å². The SMILES string of the molecule is CO[C@@H]1[C@H](OC(=O)N2CC(n3cccc(C(=O)[O-])c3=O)C2)CC[C@]2(CO2)[C@H]1[C@@]1(C)O[C@@H]1CC=C(C)C.[Na+].